The van der Waals surface area contributed by atoms with E-state index in [1.54, 1.807) is 0 Å². The predicted molar refractivity (Wildman–Crippen MR) is 192 cm³/mol. The van der Waals surface area contributed by atoms with Crippen molar-refractivity contribution < 1.29 is 89.7 Å². The Morgan fingerprint density at radius 3 is 1.42 bits per heavy atom. The highest BCUT2D eigenvalue weighted by Gasteiger charge is 2.50. The molecule has 0 radical (unpaired) electrons. The zero-order valence-corrected chi connectivity index (χ0v) is 33.9. The second-order valence-electron chi connectivity index (χ2n) is 12.3. The number of nitrogens with zero attached hydrogens (tertiary/aromatic N) is 6. The zero-order valence-electron chi connectivity index (χ0n) is 28.7. The third-order valence-electron chi connectivity index (χ3n) is 8.23. The third-order valence-corrected chi connectivity index (χ3v) is 16.0. The van der Waals surface area contributed by atoms with Gasteiger partial charge in [0.2, 0.25) is 23.5 Å². The van der Waals surface area contributed by atoms with Crippen LogP contribution < -0.4 is 31.7 Å². The molecular formula is C22H34N10O19P4S2+2. The van der Waals surface area contributed by atoms with E-state index in [1.165, 1.54) is 45.0 Å². The lowest BCUT2D eigenvalue weighted by Crippen LogP contribution is -2.46. The highest BCUT2D eigenvalue weighted by atomic mass is 32.5. The fourth-order valence-electron chi connectivity index (χ4n) is 5.91. The topological polar surface area (TPSA) is 422 Å². The third kappa shape index (κ3) is 9.29. The molecule has 12 atom stereocenters. The molecular weight excluding hydrogens is 896 g/mol. The van der Waals surface area contributed by atoms with Crippen LogP contribution in [0.2, 0.25) is 0 Å². The van der Waals surface area contributed by atoms with Gasteiger partial charge in [0.15, 0.2) is 12.7 Å². The van der Waals surface area contributed by atoms with Gasteiger partial charge in [0, 0.05) is 0 Å². The number of aliphatic hydroxyl groups is 4. The van der Waals surface area contributed by atoms with Gasteiger partial charge in [-0.15, -0.1) is 0 Å². The Morgan fingerprint density at radius 2 is 1.07 bits per heavy atom. The summed E-state index contributed by atoms with van der Waals surface area (Å²) in [6.45, 7) is -11.7. The molecule has 4 aromatic heterocycles. The van der Waals surface area contributed by atoms with Gasteiger partial charge in [0.05, 0.1) is 27.3 Å². The molecule has 316 valence electrons. The summed E-state index contributed by atoms with van der Waals surface area (Å²) in [5.74, 6) is -0.538. The molecule has 0 aliphatic carbocycles. The maximum atomic E-state index is 12.6. The fraction of sp³-hybridized carbons (Fsp3) is 0.545. The van der Waals surface area contributed by atoms with Crippen molar-refractivity contribution in [1.29, 1.82) is 0 Å². The van der Waals surface area contributed by atoms with E-state index in [2.05, 4.69) is 56.5 Å². The van der Waals surface area contributed by atoms with Crippen molar-refractivity contribution >= 4 is 86.9 Å². The Hall–Kier alpha value is -2.54. The lowest BCUT2D eigenvalue weighted by molar-refractivity contribution is -0.746. The Labute approximate surface area is 326 Å². The van der Waals surface area contributed by atoms with Crippen LogP contribution in [0.25, 0.3) is 22.3 Å². The average molecular weight is 931 g/mol. The highest BCUT2D eigenvalue weighted by molar-refractivity contribution is 8.09. The van der Waals surface area contributed by atoms with Gasteiger partial charge in [0.25, 0.3) is 23.0 Å². The van der Waals surface area contributed by atoms with Gasteiger partial charge in [-0.1, -0.05) is 9.97 Å². The number of nitrogens with two attached hydrogens (primary N) is 2. The lowest BCUT2D eigenvalue weighted by Gasteiger charge is -2.24. The molecule has 4 unspecified atom stereocenters. The van der Waals surface area contributed by atoms with Gasteiger partial charge in [0.1, 0.15) is 36.6 Å². The van der Waals surface area contributed by atoms with E-state index in [0.717, 1.165) is 0 Å². The molecule has 35 heteroatoms. The quantitative estimate of drug-likeness (QED) is 0.0417. The van der Waals surface area contributed by atoms with Crippen molar-refractivity contribution in [3.05, 3.63) is 33.4 Å². The normalized spacial score (nSPS) is 29.6. The average Bonchev–Trinajstić information content (AvgIpc) is 3.74. The maximum absolute atomic E-state index is 12.6. The van der Waals surface area contributed by atoms with Crippen molar-refractivity contribution in [2.24, 2.45) is 14.1 Å². The van der Waals surface area contributed by atoms with E-state index in [9.17, 15) is 58.7 Å². The summed E-state index contributed by atoms with van der Waals surface area (Å²) in [4.78, 5) is 78.4. The second-order valence-corrected chi connectivity index (χ2v) is 21.3. The second kappa shape index (κ2) is 15.8. The molecule has 0 bridgehead atoms. The van der Waals surface area contributed by atoms with E-state index in [-0.39, 0.29) is 34.2 Å². The summed E-state index contributed by atoms with van der Waals surface area (Å²) in [5, 5.41) is 42.5. The van der Waals surface area contributed by atoms with Crippen molar-refractivity contribution in [3.63, 3.8) is 0 Å². The first-order valence-corrected chi connectivity index (χ1v) is 23.8. The first-order chi connectivity index (χ1) is 26.3. The number of rotatable bonds is 14. The molecule has 2 saturated heterocycles. The molecule has 4 aromatic rings. The van der Waals surface area contributed by atoms with E-state index < -0.39 is 102 Å². The lowest BCUT2D eigenvalue weighted by atomic mass is 10.1. The monoisotopic (exact) mass is 930 g/mol. The van der Waals surface area contributed by atoms with Crippen LogP contribution >= 0.6 is 29.1 Å². The fourth-order valence-corrected chi connectivity index (χ4v) is 12.7. The van der Waals surface area contributed by atoms with Crippen LogP contribution in [0.5, 0.6) is 0 Å². The van der Waals surface area contributed by atoms with E-state index >= 15 is 0 Å². The summed E-state index contributed by atoms with van der Waals surface area (Å²) >= 11 is 9.34. The summed E-state index contributed by atoms with van der Waals surface area (Å²) in [5.41, 5.74) is 9.97. The minimum atomic E-state index is -5.95. The van der Waals surface area contributed by atoms with Crippen LogP contribution in [-0.4, -0.2) is 119 Å². The Kier molecular flexibility index (Phi) is 12.2. The maximum Gasteiger partial charge on any atom is 0.488 e. The first-order valence-electron chi connectivity index (χ1n) is 15.6. The van der Waals surface area contributed by atoms with Gasteiger partial charge in [-0.2, -0.15) is 4.31 Å². The highest BCUT2D eigenvalue weighted by Crippen LogP contribution is 2.71. The number of ether oxygens (including phenoxy) is 2. The number of anilines is 2. The number of nitrogen functional groups attached to an aromatic ring is 2. The van der Waals surface area contributed by atoms with Crippen LogP contribution in [-0.2, 0) is 78.3 Å². The first kappa shape index (κ1) is 44.0. The number of hydrogen-bond acceptors (Lipinski definition) is 21. The van der Waals surface area contributed by atoms with E-state index in [0.29, 0.717) is 0 Å². The summed E-state index contributed by atoms with van der Waals surface area (Å²) in [6, 6.07) is 0. The molecule has 0 saturated carbocycles. The molecule has 2 fully saturated rings. The molecule has 6 rings (SSSR count). The van der Waals surface area contributed by atoms with Crippen molar-refractivity contribution in [2.45, 2.75) is 49.1 Å². The minimum absolute atomic E-state index is 0.0251. The van der Waals surface area contributed by atoms with Gasteiger partial charge >= 0.3 is 40.4 Å². The Balaban J connectivity index is 1.04. The van der Waals surface area contributed by atoms with Crippen LogP contribution in [0.15, 0.2) is 22.2 Å². The molecule has 14 N–H and O–H groups in total. The van der Waals surface area contributed by atoms with Gasteiger partial charge < -0.3 is 70.0 Å². The molecule has 57 heavy (non-hydrogen) atoms. The number of phosphoric acid groups is 2. The number of aliphatic hydroxyl groups excluding tert-OH is 4. The predicted octanol–water partition coefficient (Wildman–Crippen LogP) is -4.77. The standard InChI is InChI=1S/C22H32N10O19P4S2/c1-29-5-31(15-9(29)17(37)27-21(23)25-15)19-13(35)11(33)7(47-19)3-45-54(43,56)50-52(39,40)49-53(41,42)51-55(44,57)46-4-8-12(34)14(36)20(48-8)32-6-30(2)10-16(32)26-22(24)28-18(10)38/h5-8,11-14,19-20,33-36H,3-4H2,1-2H3,(H8-2,23,24,25,26,27,28,37,38,39,40,41,42,43,44,56,57)/p+2/t7-,8-,11-,12-,13-,14-,19-,20-,54?,55?/m1/s1. The van der Waals surface area contributed by atoms with Crippen molar-refractivity contribution in [1.82, 2.24) is 29.1 Å². The number of aromatic amines is 2. The van der Waals surface area contributed by atoms with E-state index in [4.69, 9.17) is 30.0 Å². The molecule has 6 heterocycles. The number of aryl methyl sites for hydroxylation is 2. The number of imidazole rings is 2. The largest absolute Gasteiger partial charge is 0.488 e. The Bertz CT molecular complexity index is 2370. The molecule has 2 aliphatic rings. The molecule has 0 amide bonds. The molecule has 0 spiro atoms. The van der Waals surface area contributed by atoms with Gasteiger partial charge in [-0.3, -0.25) is 28.7 Å². The number of H-pyrrole nitrogens is 2. The van der Waals surface area contributed by atoms with Crippen LogP contribution in [0.4, 0.5) is 11.9 Å². The molecule has 0 aromatic carbocycles. The van der Waals surface area contributed by atoms with Crippen molar-refractivity contribution in [3.8, 4) is 0 Å². The Morgan fingerprint density at radius 1 is 0.719 bits per heavy atom. The number of nitrogens with one attached hydrogen (secondary N) is 2. The van der Waals surface area contributed by atoms with Gasteiger partial charge in [-0.05, 0) is 23.6 Å². The van der Waals surface area contributed by atoms with Crippen LogP contribution in [0.3, 0.4) is 0 Å². The van der Waals surface area contributed by atoms with Gasteiger partial charge in [-0.25, -0.2) is 26.9 Å². The number of fused-ring (bicyclic) bond motifs is 2. The summed E-state index contributed by atoms with van der Waals surface area (Å²) in [6.07, 6.45) is -10.2. The van der Waals surface area contributed by atoms with Crippen LogP contribution in [0.1, 0.15) is 12.5 Å². The molecule has 29 nitrogen and oxygen atoms in total. The number of hydrogen-bond donors (Lipinski definition) is 12. The SMILES string of the molecule is Cn1c[n+]([C@@H]2O[C@H](COP(O)(=S)OP(=O)(O)OP(=O)(O)OP(O)(=S)OC[C@H]3O[C@@H]([n+]4cn(C)c5c(=O)[nH]c(N)nc54)[C@H](O)[C@@H]3O)[C@@H](O)[C@H]2O)c2nc(N)[nH]c(=O)c21. The minimum Gasteiger partial charge on any atom is -0.387 e. The zero-order chi connectivity index (χ0) is 42.2. The smallest absolute Gasteiger partial charge is 0.387 e. The summed E-state index contributed by atoms with van der Waals surface area (Å²) in [7, 11) is -8.94. The van der Waals surface area contributed by atoms with Crippen molar-refractivity contribution in [2.75, 3.05) is 24.7 Å². The summed E-state index contributed by atoms with van der Waals surface area (Å²) < 4.78 is 64.2. The molecule has 2 aliphatic heterocycles. The van der Waals surface area contributed by atoms with E-state index in [1.807, 2.05) is 0 Å². The number of aromatic nitrogens is 8. The van der Waals surface area contributed by atoms with Crippen LogP contribution in [0, 0.1) is 0 Å².